The molecular formula is C5H7N3O. The number of guanidine groups is 1. The van der Waals surface area contributed by atoms with E-state index in [2.05, 4.69) is 16.7 Å². The Kier molecular flexibility index (Phi) is 1.30. The van der Waals surface area contributed by atoms with Crippen molar-refractivity contribution in [2.45, 2.75) is 0 Å². The molecule has 4 nitrogen and oxygen atoms in total. The molecule has 0 radical (unpaired) electrons. The van der Waals surface area contributed by atoms with Gasteiger partial charge in [0.2, 0.25) is 0 Å². The molecule has 4 heteroatoms. The Balaban J connectivity index is 2.77. The van der Waals surface area contributed by atoms with Gasteiger partial charge in [-0.1, -0.05) is 6.58 Å². The number of hydrogen-bond donors (Lipinski definition) is 0. The van der Waals surface area contributed by atoms with Gasteiger partial charge in [-0.15, -0.1) is 4.91 Å². The van der Waals surface area contributed by atoms with Crippen molar-refractivity contribution < 1.29 is 0 Å². The fraction of sp³-hybridized carbons (Fsp3) is 0.400. The smallest absolute Gasteiger partial charge is 0.267 e. The summed E-state index contributed by atoms with van der Waals surface area (Å²) in [4.78, 5) is 15.3. The third-order valence-electron chi connectivity index (χ3n) is 1.26. The van der Waals surface area contributed by atoms with E-state index in [-0.39, 0.29) is 5.96 Å². The van der Waals surface area contributed by atoms with Crippen molar-refractivity contribution in [3.63, 3.8) is 0 Å². The molecule has 1 rings (SSSR count). The number of likely N-dealkylation sites (N-methyl/N-ethyl adjacent to an activating group) is 1. The molecule has 1 aliphatic heterocycles. The average molecular weight is 125 g/mol. The second kappa shape index (κ2) is 1.97. The van der Waals surface area contributed by atoms with E-state index in [0.717, 1.165) is 5.70 Å². The topological polar surface area (TPSA) is 45.0 Å². The predicted molar refractivity (Wildman–Crippen MR) is 35.0 cm³/mol. The zero-order chi connectivity index (χ0) is 6.85. The molecule has 9 heavy (non-hydrogen) atoms. The summed E-state index contributed by atoms with van der Waals surface area (Å²) < 4.78 is 0. The lowest BCUT2D eigenvalue weighted by atomic mass is 10.5. The van der Waals surface area contributed by atoms with Crippen LogP contribution < -0.4 is 0 Å². The molecule has 0 aromatic heterocycles. The Labute approximate surface area is 52.9 Å². The lowest BCUT2D eigenvalue weighted by Crippen LogP contribution is -2.17. The fourth-order valence-electron chi connectivity index (χ4n) is 0.606. The summed E-state index contributed by atoms with van der Waals surface area (Å²) in [5, 5.41) is 2.68. The Morgan fingerprint density at radius 2 is 2.56 bits per heavy atom. The highest BCUT2D eigenvalue weighted by Gasteiger charge is 2.15. The summed E-state index contributed by atoms with van der Waals surface area (Å²) in [6, 6.07) is 0. The summed E-state index contributed by atoms with van der Waals surface area (Å²) in [7, 11) is 1.72. The number of hydrogen-bond acceptors (Lipinski definition) is 4. The zero-order valence-corrected chi connectivity index (χ0v) is 5.16. The van der Waals surface area contributed by atoms with Gasteiger partial charge in [0, 0.05) is 17.9 Å². The first-order valence-corrected chi connectivity index (χ1v) is 2.55. The molecule has 0 aliphatic carbocycles. The predicted octanol–water partition coefficient (Wildman–Crippen LogP) is 0.568. The number of aliphatic imine (C=N–C) groups is 1. The molecule has 48 valence electrons. The molecule has 0 bridgehead atoms. The van der Waals surface area contributed by atoms with E-state index < -0.39 is 0 Å². The largest absolute Gasteiger partial charge is 0.314 e. The van der Waals surface area contributed by atoms with Crippen LogP contribution in [0.1, 0.15) is 0 Å². The van der Waals surface area contributed by atoms with Crippen LogP contribution in [-0.2, 0) is 0 Å². The maximum absolute atomic E-state index is 9.90. The molecule has 1 heterocycles. The van der Waals surface area contributed by atoms with Crippen LogP contribution in [0.3, 0.4) is 0 Å². The Morgan fingerprint density at radius 3 is 2.78 bits per heavy atom. The highest BCUT2D eigenvalue weighted by atomic mass is 16.3. The first kappa shape index (κ1) is 5.94. The minimum atomic E-state index is 0.222. The molecule has 0 aromatic carbocycles. The van der Waals surface area contributed by atoms with Crippen LogP contribution in [0.4, 0.5) is 0 Å². The maximum Gasteiger partial charge on any atom is 0.267 e. The minimum Gasteiger partial charge on any atom is -0.314 e. The SMILES string of the molecule is C=C1CN=C(N=O)N1C. The summed E-state index contributed by atoms with van der Waals surface area (Å²) in [6.07, 6.45) is 0. The van der Waals surface area contributed by atoms with E-state index in [9.17, 15) is 4.91 Å². The fourth-order valence-corrected chi connectivity index (χ4v) is 0.606. The van der Waals surface area contributed by atoms with Gasteiger partial charge >= 0.3 is 0 Å². The van der Waals surface area contributed by atoms with Gasteiger partial charge in [-0.3, -0.25) is 0 Å². The molecule has 0 saturated carbocycles. The molecule has 0 N–H and O–H groups in total. The summed E-state index contributed by atoms with van der Waals surface area (Å²) in [5.41, 5.74) is 0.810. The normalized spacial score (nSPS) is 18.1. The van der Waals surface area contributed by atoms with Gasteiger partial charge in [0.15, 0.2) is 0 Å². The van der Waals surface area contributed by atoms with Crippen molar-refractivity contribution in [1.82, 2.24) is 4.90 Å². The molecule has 0 unspecified atom stereocenters. The quantitative estimate of drug-likeness (QED) is 0.444. The minimum absolute atomic E-state index is 0.222. The van der Waals surface area contributed by atoms with Crippen LogP contribution in [0.25, 0.3) is 0 Å². The van der Waals surface area contributed by atoms with Crippen molar-refractivity contribution in [3.8, 4) is 0 Å². The van der Waals surface area contributed by atoms with Crippen LogP contribution >= 0.6 is 0 Å². The van der Waals surface area contributed by atoms with E-state index in [1.54, 1.807) is 11.9 Å². The van der Waals surface area contributed by atoms with Crippen molar-refractivity contribution in [3.05, 3.63) is 17.2 Å². The van der Waals surface area contributed by atoms with Crippen LogP contribution in [0.15, 0.2) is 22.4 Å². The third kappa shape index (κ3) is 0.826. The summed E-state index contributed by atoms with van der Waals surface area (Å²) >= 11 is 0. The van der Waals surface area contributed by atoms with Gasteiger partial charge in [-0.05, 0) is 0 Å². The maximum atomic E-state index is 9.90. The van der Waals surface area contributed by atoms with Gasteiger partial charge in [0.05, 0.1) is 6.54 Å². The Morgan fingerprint density at radius 1 is 1.89 bits per heavy atom. The van der Waals surface area contributed by atoms with Crippen molar-refractivity contribution in [1.29, 1.82) is 0 Å². The highest BCUT2D eigenvalue weighted by molar-refractivity contribution is 5.84. The standard InChI is InChI=1S/C5H7N3O/c1-4-3-6-5(7-9)8(4)2/h1,3H2,2H3. The van der Waals surface area contributed by atoms with E-state index in [1.165, 1.54) is 0 Å². The number of rotatable bonds is 0. The number of nitrogens with zero attached hydrogens (tertiary/aromatic N) is 3. The van der Waals surface area contributed by atoms with E-state index >= 15 is 0 Å². The zero-order valence-electron chi connectivity index (χ0n) is 5.16. The highest BCUT2D eigenvalue weighted by Crippen LogP contribution is 2.08. The molecule has 0 spiro atoms. The molecule has 0 fully saturated rings. The van der Waals surface area contributed by atoms with Crippen molar-refractivity contribution in [2.24, 2.45) is 10.2 Å². The van der Waals surface area contributed by atoms with Gasteiger partial charge < -0.3 is 4.90 Å². The van der Waals surface area contributed by atoms with Crippen LogP contribution in [-0.4, -0.2) is 24.5 Å². The van der Waals surface area contributed by atoms with Gasteiger partial charge in [-0.25, -0.2) is 4.99 Å². The third-order valence-corrected chi connectivity index (χ3v) is 1.26. The van der Waals surface area contributed by atoms with E-state index in [0.29, 0.717) is 6.54 Å². The first-order chi connectivity index (χ1) is 4.25. The van der Waals surface area contributed by atoms with E-state index in [1.807, 2.05) is 0 Å². The lowest BCUT2D eigenvalue weighted by Gasteiger charge is -2.07. The van der Waals surface area contributed by atoms with E-state index in [4.69, 9.17) is 0 Å². The molecule has 0 atom stereocenters. The van der Waals surface area contributed by atoms with Crippen LogP contribution in [0.2, 0.25) is 0 Å². The molecule has 0 aromatic rings. The summed E-state index contributed by atoms with van der Waals surface area (Å²) in [6.45, 7) is 4.14. The van der Waals surface area contributed by atoms with Gasteiger partial charge in [0.25, 0.3) is 5.96 Å². The Hall–Kier alpha value is -1.19. The second-order valence-electron chi connectivity index (χ2n) is 1.83. The Bertz CT molecular complexity index is 185. The van der Waals surface area contributed by atoms with Gasteiger partial charge in [-0.2, -0.15) is 0 Å². The van der Waals surface area contributed by atoms with Gasteiger partial charge in [0.1, 0.15) is 0 Å². The summed E-state index contributed by atoms with van der Waals surface area (Å²) in [5.74, 6) is 0.222. The van der Waals surface area contributed by atoms with Crippen molar-refractivity contribution in [2.75, 3.05) is 13.6 Å². The second-order valence-corrected chi connectivity index (χ2v) is 1.83. The molecule has 0 saturated heterocycles. The number of nitroso groups, excluding NO2 is 1. The lowest BCUT2D eigenvalue weighted by molar-refractivity contribution is 0.646. The first-order valence-electron chi connectivity index (χ1n) is 2.55. The average Bonchev–Trinajstić information content (AvgIpc) is 2.15. The van der Waals surface area contributed by atoms with Crippen LogP contribution in [0.5, 0.6) is 0 Å². The molecular weight excluding hydrogens is 118 g/mol. The van der Waals surface area contributed by atoms with Crippen molar-refractivity contribution >= 4 is 5.96 Å². The monoisotopic (exact) mass is 125 g/mol. The van der Waals surface area contributed by atoms with Crippen LogP contribution in [0, 0.1) is 4.91 Å². The molecule has 1 aliphatic rings. The molecule has 0 amide bonds.